The third-order valence-corrected chi connectivity index (χ3v) is 3.63. The maximum atomic E-state index is 5.70. The Morgan fingerprint density at radius 3 is 2.76 bits per heavy atom. The number of hydrogen-bond donors (Lipinski definition) is 2. The molecule has 1 aromatic carbocycles. The third kappa shape index (κ3) is 3.34. The summed E-state index contributed by atoms with van der Waals surface area (Å²) in [5.41, 5.74) is 1.35. The fraction of sp³-hybridized carbons (Fsp3) is 0.273. The fourth-order valence-electron chi connectivity index (χ4n) is 1.44. The average molecular weight is 266 g/mol. The molecule has 0 fully saturated rings. The summed E-state index contributed by atoms with van der Waals surface area (Å²) in [6, 6.07) is 10.4. The van der Waals surface area contributed by atoms with Gasteiger partial charge in [0.05, 0.1) is 5.75 Å². The number of nitrogens with one attached hydrogen (secondary N) is 1. The number of nitrogen functional groups attached to an aromatic ring is 1. The highest BCUT2D eigenvalue weighted by molar-refractivity contribution is 7.98. The van der Waals surface area contributed by atoms with Crippen LogP contribution in [0.2, 0.25) is 0 Å². The number of H-pyrrole nitrogens is 1. The molecule has 0 saturated heterocycles. The van der Waals surface area contributed by atoms with Crippen molar-refractivity contribution in [3.8, 4) is 0 Å². The van der Waals surface area contributed by atoms with Crippen LogP contribution in [-0.2, 0) is 12.2 Å². The second kappa shape index (κ2) is 5.88. The van der Waals surface area contributed by atoms with Crippen molar-refractivity contribution in [2.24, 2.45) is 0 Å². The summed E-state index contributed by atoms with van der Waals surface area (Å²) >= 11 is 6.74. The number of rotatable bonds is 5. The Morgan fingerprint density at radius 1 is 1.35 bits per heavy atom. The van der Waals surface area contributed by atoms with E-state index in [9.17, 15) is 0 Å². The lowest BCUT2D eigenvalue weighted by atomic mass is 10.2. The van der Waals surface area contributed by atoms with E-state index in [1.54, 1.807) is 11.8 Å². The van der Waals surface area contributed by atoms with Crippen molar-refractivity contribution in [1.82, 2.24) is 14.9 Å². The Kier molecular flexibility index (Phi) is 4.22. The predicted molar refractivity (Wildman–Crippen MR) is 73.9 cm³/mol. The van der Waals surface area contributed by atoms with Crippen LogP contribution in [-0.4, -0.2) is 20.6 Å². The van der Waals surface area contributed by atoms with Gasteiger partial charge in [-0.1, -0.05) is 30.3 Å². The molecule has 90 valence electrons. The molecule has 2 rings (SSSR count). The molecule has 0 aliphatic rings. The molecule has 1 aromatic heterocycles. The number of thioether (sulfide) groups is 1. The quantitative estimate of drug-likeness (QED) is 0.494. The fourth-order valence-corrected chi connectivity index (χ4v) is 2.50. The minimum Gasteiger partial charge on any atom is -0.335 e. The Morgan fingerprint density at radius 2 is 2.12 bits per heavy atom. The monoisotopic (exact) mass is 266 g/mol. The van der Waals surface area contributed by atoms with Crippen LogP contribution in [0.15, 0.2) is 30.3 Å². The standard InChI is InChI=1S/C11H14N4S2/c12-15-10(13-14-11(15)16)8-17-7-6-9-4-2-1-3-5-9/h1-5H,6-8,12H2,(H,14,16). The third-order valence-electron chi connectivity index (χ3n) is 2.39. The molecule has 0 saturated carbocycles. The van der Waals surface area contributed by atoms with E-state index in [2.05, 4.69) is 34.5 Å². The van der Waals surface area contributed by atoms with Crippen molar-refractivity contribution >= 4 is 24.0 Å². The zero-order valence-corrected chi connectivity index (χ0v) is 10.9. The molecular formula is C11H14N4S2. The van der Waals surface area contributed by atoms with Crippen LogP contribution in [0.25, 0.3) is 0 Å². The van der Waals surface area contributed by atoms with Gasteiger partial charge in [0, 0.05) is 0 Å². The largest absolute Gasteiger partial charge is 0.335 e. The first-order valence-electron chi connectivity index (χ1n) is 5.30. The molecule has 1 heterocycles. The van der Waals surface area contributed by atoms with Gasteiger partial charge in [-0.15, -0.1) is 0 Å². The van der Waals surface area contributed by atoms with E-state index in [1.165, 1.54) is 10.2 Å². The number of nitrogens with zero attached hydrogens (tertiary/aromatic N) is 2. The maximum absolute atomic E-state index is 5.70. The Labute approximate surface area is 109 Å². The molecule has 17 heavy (non-hydrogen) atoms. The molecular weight excluding hydrogens is 252 g/mol. The first-order valence-corrected chi connectivity index (χ1v) is 6.86. The lowest BCUT2D eigenvalue weighted by Crippen LogP contribution is -2.12. The number of nitrogens with two attached hydrogens (primary N) is 1. The van der Waals surface area contributed by atoms with E-state index in [0.717, 1.165) is 23.8 Å². The van der Waals surface area contributed by atoms with Gasteiger partial charge in [-0.05, 0) is 30.0 Å². The van der Waals surface area contributed by atoms with Gasteiger partial charge < -0.3 is 5.84 Å². The van der Waals surface area contributed by atoms with E-state index in [0.29, 0.717) is 4.77 Å². The van der Waals surface area contributed by atoms with Crippen LogP contribution in [0.3, 0.4) is 0 Å². The van der Waals surface area contributed by atoms with Gasteiger partial charge in [-0.3, -0.25) is 5.10 Å². The Hall–Kier alpha value is -1.27. The number of aryl methyl sites for hydroxylation is 1. The topological polar surface area (TPSA) is 59.6 Å². The van der Waals surface area contributed by atoms with Crippen LogP contribution >= 0.6 is 24.0 Å². The normalized spacial score (nSPS) is 10.6. The number of benzene rings is 1. The van der Waals surface area contributed by atoms with Gasteiger partial charge in [0.15, 0.2) is 5.82 Å². The summed E-state index contributed by atoms with van der Waals surface area (Å²) in [5.74, 6) is 8.31. The van der Waals surface area contributed by atoms with E-state index >= 15 is 0 Å². The number of hydrogen-bond acceptors (Lipinski definition) is 4. The van der Waals surface area contributed by atoms with Gasteiger partial charge in [0.25, 0.3) is 0 Å². The Bertz CT molecular complexity index is 518. The molecule has 2 aromatic rings. The van der Waals surface area contributed by atoms with Crippen LogP contribution in [0.5, 0.6) is 0 Å². The van der Waals surface area contributed by atoms with E-state index < -0.39 is 0 Å². The first-order chi connectivity index (χ1) is 8.27. The molecule has 4 nitrogen and oxygen atoms in total. The summed E-state index contributed by atoms with van der Waals surface area (Å²) in [7, 11) is 0. The SMILES string of the molecule is Nn1c(CSCCc2ccccc2)n[nH]c1=S. The molecule has 0 radical (unpaired) electrons. The molecule has 0 amide bonds. The van der Waals surface area contributed by atoms with Crippen molar-refractivity contribution in [2.45, 2.75) is 12.2 Å². The summed E-state index contributed by atoms with van der Waals surface area (Å²) in [6.07, 6.45) is 1.06. The lowest BCUT2D eigenvalue weighted by molar-refractivity contribution is 0.905. The van der Waals surface area contributed by atoms with Crippen molar-refractivity contribution < 1.29 is 0 Å². The predicted octanol–water partition coefficient (Wildman–Crippen LogP) is 2.13. The maximum Gasteiger partial charge on any atom is 0.214 e. The second-order valence-corrected chi connectivity index (χ2v) is 5.10. The molecule has 6 heteroatoms. The summed E-state index contributed by atoms with van der Waals surface area (Å²) in [5, 5.41) is 6.73. The summed E-state index contributed by atoms with van der Waals surface area (Å²) in [4.78, 5) is 0. The molecule has 0 bridgehead atoms. The molecule has 3 N–H and O–H groups in total. The van der Waals surface area contributed by atoms with Gasteiger partial charge in [-0.2, -0.15) is 16.9 Å². The van der Waals surface area contributed by atoms with Crippen LogP contribution in [0.1, 0.15) is 11.4 Å². The van der Waals surface area contributed by atoms with Gasteiger partial charge in [0.2, 0.25) is 4.77 Å². The van der Waals surface area contributed by atoms with Gasteiger partial charge in [-0.25, -0.2) is 4.68 Å². The molecule has 0 aliphatic carbocycles. The summed E-state index contributed by atoms with van der Waals surface area (Å²) in [6.45, 7) is 0. The van der Waals surface area contributed by atoms with Crippen molar-refractivity contribution in [3.05, 3.63) is 46.5 Å². The van der Waals surface area contributed by atoms with Crippen molar-refractivity contribution in [3.63, 3.8) is 0 Å². The minimum absolute atomic E-state index is 0.462. The van der Waals surface area contributed by atoms with E-state index in [1.807, 2.05) is 6.07 Å². The average Bonchev–Trinajstić information content (AvgIpc) is 2.67. The second-order valence-electron chi connectivity index (χ2n) is 3.60. The molecule has 0 atom stereocenters. The zero-order valence-electron chi connectivity index (χ0n) is 9.30. The zero-order chi connectivity index (χ0) is 12.1. The molecule has 0 aliphatic heterocycles. The lowest BCUT2D eigenvalue weighted by Gasteiger charge is -2.01. The van der Waals surface area contributed by atoms with E-state index in [4.69, 9.17) is 18.1 Å². The number of aromatic amines is 1. The van der Waals surface area contributed by atoms with Crippen LogP contribution < -0.4 is 5.84 Å². The van der Waals surface area contributed by atoms with Crippen LogP contribution in [0.4, 0.5) is 0 Å². The minimum atomic E-state index is 0.462. The van der Waals surface area contributed by atoms with E-state index in [-0.39, 0.29) is 0 Å². The van der Waals surface area contributed by atoms with Crippen LogP contribution in [0, 0.1) is 4.77 Å². The first kappa shape index (κ1) is 12.2. The summed E-state index contributed by atoms with van der Waals surface area (Å²) < 4.78 is 1.88. The van der Waals surface area contributed by atoms with Crippen molar-refractivity contribution in [1.29, 1.82) is 0 Å². The smallest absolute Gasteiger partial charge is 0.214 e. The highest BCUT2D eigenvalue weighted by Gasteiger charge is 2.02. The number of aromatic nitrogens is 3. The highest BCUT2D eigenvalue weighted by Crippen LogP contribution is 2.11. The highest BCUT2D eigenvalue weighted by atomic mass is 32.2. The van der Waals surface area contributed by atoms with Gasteiger partial charge in [0.1, 0.15) is 0 Å². The van der Waals surface area contributed by atoms with Crippen molar-refractivity contribution in [2.75, 3.05) is 11.6 Å². The van der Waals surface area contributed by atoms with Gasteiger partial charge >= 0.3 is 0 Å². The Balaban J connectivity index is 1.77. The molecule has 0 spiro atoms. The molecule has 0 unspecified atom stereocenters.